The number of hydrogen-bond donors (Lipinski definition) is 2. The second-order valence-corrected chi connectivity index (χ2v) is 10.9. The maximum Gasteiger partial charge on any atom is 0.352 e. The number of fused-ring (bicyclic) bond motifs is 1. The molecule has 2 N–H and O–H groups in total. The Labute approximate surface area is 215 Å². The van der Waals surface area contributed by atoms with E-state index in [0.717, 1.165) is 36.9 Å². The standard InChI is InChI=1S/C27H33NO9/c1-14(34-16(3)29)23(31)35-15(2)24(32)37-20-8-10-27(33)12-21(20)36-22-18-7-9-26(13-28(4)25(26)27)11-17(18)5-6-19(22)30/h5-6,8,14-15,21,25,30,33H,7,9-13H2,1-4H3/t14-,15-,21+,25+,26?,27-/m0/s1. The minimum Gasteiger partial charge on any atom is -0.504 e. The molecular weight excluding hydrogens is 482 g/mol. The van der Waals surface area contributed by atoms with E-state index in [2.05, 4.69) is 4.90 Å². The van der Waals surface area contributed by atoms with Crippen molar-refractivity contribution in [3.8, 4) is 11.5 Å². The SMILES string of the molecule is CC(=O)O[C@@H](C)C(=O)O[C@@H](C)C(=O)OC1=CC[C@]2(O)C[C@H]1Oc1c(O)ccc3c1CCC1(C3)CN(C)[C@H]12. The van der Waals surface area contributed by atoms with E-state index in [-0.39, 0.29) is 35.8 Å². The van der Waals surface area contributed by atoms with Crippen LogP contribution in [-0.4, -0.2) is 76.6 Å². The summed E-state index contributed by atoms with van der Waals surface area (Å²) in [5.74, 6) is -1.81. The first-order valence-corrected chi connectivity index (χ1v) is 12.6. The molecule has 6 bridgehead atoms. The van der Waals surface area contributed by atoms with Gasteiger partial charge in [-0.15, -0.1) is 0 Å². The van der Waals surface area contributed by atoms with Crippen molar-refractivity contribution in [2.45, 2.75) is 82.8 Å². The van der Waals surface area contributed by atoms with Crippen molar-refractivity contribution in [2.24, 2.45) is 5.41 Å². The maximum absolute atomic E-state index is 12.8. The summed E-state index contributed by atoms with van der Waals surface area (Å²) >= 11 is 0. The van der Waals surface area contributed by atoms with Crippen LogP contribution in [0.1, 0.15) is 51.2 Å². The molecule has 1 aromatic rings. The number of nitrogens with zero attached hydrogens (tertiary/aromatic N) is 1. The Morgan fingerprint density at radius 1 is 1.16 bits per heavy atom. The molecule has 6 rings (SSSR count). The zero-order valence-corrected chi connectivity index (χ0v) is 21.5. The van der Waals surface area contributed by atoms with Crippen molar-refractivity contribution in [3.63, 3.8) is 0 Å². The number of hydrogen-bond acceptors (Lipinski definition) is 10. The van der Waals surface area contributed by atoms with Crippen LogP contribution in [0.5, 0.6) is 11.5 Å². The average Bonchev–Trinajstić information content (AvgIpc) is 2.81. The molecule has 5 aliphatic rings. The van der Waals surface area contributed by atoms with Gasteiger partial charge in [0.2, 0.25) is 0 Å². The van der Waals surface area contributed by atoms with Gasteiger partial charge in [0.15, 0.2) is 29.8 Å². The van der Waals surface area contributed by atoms with E-state index in [9.17, 15) is 24.6 Å². The molecule has 200 valence electrons. The molecule has 0 radical (unpaired) electrons. The van der Waals surface area contributed by atoms with Crippen LogP contribution < -0.4 is 4.74 Å². The molecule has 0 aromatic heterocycles. The fourth-order valence-electron chi connectivity index (χ4n) is 6.75. The number of aliphatic hydroxyl groups is 1. The fraction of sp³-hybridized carbons (Fsp3) is 0.593. The summed E-state index contributed by atoms with van der Waals surface area (Å²) in [6, 6.07) is 3.46. The van der Waals surface area contributed by atoms with E-state index >= 15 is 0 Å². The van der Waals surface area contributed by atoms with Crippen molar-refractivity contribution in [2.75, 3.05) is 13.6 Å². The fourth-order valence-corrected chi connectivity index (χ4v) is 6.75. The molecule has 0 saturated carbocycles. The number of carbonyl (C=O) groups excluding carboxylic acids is 3. The lowest BCUT2D eigenvalue weighted by Crippen LogP contribution is -2.74. The molecule has 10 heteroatoms. The highest BCUT2D eigenvalue weighted by atomic mass is 16.6. The molecule has 6 atom stereocenters. The van der Waals surface area contributed by atoms with Gasteiger partial charge in [-0.2, -0.15) is 0 Å². The average molecular weight is 516 g/mol. The van der Waals surface area contributed by atoms with Gasteiger partial charge in [0, 0.05) is 36.9 Å². The summed E-state index contributed by atoms with van der Waals surface area (Å²) in [6.07, 6.45) is 1.22. The van der Waals surface area contributed by atoms with Gasteiger partial charge in [-0.25, -0.2) is 9.59 Å². The van der Waals surface area contributed by atoms with E-state index in [1.807, 2.05) is 13.1 Å². The van der Waals surface area contributed by atoms with Crippen molar-refractivity contribution >= 4 is 17.9 Å². The number of rotatable bonds is 5. The lowest BCUT2D eigenvalue weighted by molar-refractivity contribution is -0.190. The van der Waals surface area contributed by atoms with Crippen LogP contribution in [0.2, 0.25) is 0 Å². The normalized spacial score (nSPS) is 31.4. The maximum atomic E-state index is 12.8. The highest BCUT2D eigenvalue weighted by molar-refractivity contribution is 5.82. The smallest absolute Gasteiger partial charge is 0.352 e. The van der Waals surface area contributed by atoms with Gasteiger partial charge in [0.1, 0.15) is 5.76 Å². The third-order valence-electron chi connectivity index (χ3n) is 8.14. The second-order valence-electron chi connectivity index (χ2n) is 10.9. The lowest BCUT2D eigenvalue weighted by atomic mass is 9.55. The lowest BCUT2D eigenvalue weighted by Gasteiger charge is -2.64. The summed E-state index contributed by atoms with van der Waals surface area (Å²) in [7, 11) is 2.01. The number of benzene rings is 1. The second kappa shape index (κ2) is 9.02. The van der Waals surface area contributed by atoms with Gasteiger partial charge in [-0.05, 0) is 64.3 Å². The van der Waals surface area contributed by atoms with Crippen molar-refractivity contribution in [1.82, 2.24) is 4.90 Å². The Morgan fingerprint density at radius 3 is 2.59 bits per heavy atom. The topological polar surface area (TPSA) is 132 Å². The third-order valence-corrected chi connectivity index (χ3v) is 8.14. The van der Waals surface area contributed by atoms with Crippen LogP contribution in [0, 0.1) is 5.41 Å². The van der Waals surface area contributed by atoms with Gasteiger partial charge in [-0.3, -0.25) is 9.69 Å². The number of likely N-dealkylation sites (N-methyl/N-ethyl adjacent to an activating group) is 1. The van der Waals surface area contributed by atoms with Crippen LogP contribution in [0.4, 0.5) is 0 Å². The van der Waals surface area contributed by atoms with Crippen LogP contribution in [0.15, 0.2) is 24.0 Å². The zero-order chi connectivity index (χ0) is 26.7. The molecule has 37 heavy (non-hydrogen) atoms. The zero-order valence-electron chi connectivity index (χ0n) is 21.5. The minimum atomic E-state index is -1.27. The molecule has 1 spiro atoms. The van der Waals surface area contributed by atoms with Crippen molar-refractivity contribution < 1.29 is 43.5 Å². The van der Waals surface area contributed by atoms with E-state index < -0.39 is 41.8 Å². The first kappa shape index (κ1) is 25.5. The van der Waals surface area contributed by atoms with E-state index in [4.69, 9.17) is 18.9 Å². The minimum absolute atomic E-state index is 0.000835. The van der Waals surface area contributed by atoms with E-state index in [1.165, 1.54) is 20.8 Å². The highest BCUT2D eigenvalue weighted by Crippen LogP contribution is 2.56. The monoisotopic (exact) mass is 515 g/mol. The summed E-state index contributed by atoms with van der Waals surface area (Å²) in [4.78, 5) is 38.3. The largest absolute Gasteiger partial charge is 0.504 e. The van der Waals surface area contributed by atoms with E-state index in [1.54, 1.807) is 12.1 Å². The number of esters is 3. The van der Waals surface area contributed by atoms with Gasteiger partial charge >= 0.3 is 17.9 Å². The molecule has 1 saturated heterocycles. The number of phenols is 1. The Hall–Kier alpha value is -3.11. The quantitative estimate of drug-likeness (QED) is 0.442. The molecule has 2 aliphatic carbocycles. The Morgan fingerprint density at radius 2 is 1.89 bits per heavy atom. The Kier molecular flexibility index (Phi) is 6.23. The van der Waals surface area contributed by atoms with Crippen molar-refractivity contribution in [3.05, 3.63) is 35.1 Å². The number of ether oxygens (including phenoxy) is 4. The Balaban J connectivity index is 1.41. The predicted molar refractivity (Wildman–Crippen MR) is 129 cm³/mol. The van der Waals surface area contributed by atoms with Gasteiger partial charge in [0.05, 0.1) is 5.60 Å². The van der Waals surface area contributed by atoms with E-state index in [0.29, 0.717) is 5.75 Å². The summed E-state index contributed by atoms with van der Waals surface area (Å²) in [6.45, 7) is 4.75. The third kappa shape index (κ3) is 4.35. The van der Waals surface area contributed by atoms with Gasteiger partial charge < -0.3 is 29.2 Å². The van der Waals surface area contributed by atoms with Crippen LogP contribution in [0.25, 0.3) is 0 Å². The first-order chi connectivity index (χ1) is 17.4. The van der Waals surface area contributed by atoms with Crippen molar-refractivity contribution in [1.29, 1.82) is 0 Å². The summed E-state index contributed by atoms with van der Waals surface area (Å²) < 4.78 is 21.8. The molecule has 1 aromatic carbocycles. The first-order valence-electron chi connectivity index (χ1n) is 12.6. The molecule has 3 heterocycles. The molecule has 1 unspecified atom stereocenters. The highest BCUT2D eigenvalue weighted by Gasteiger charge is 2.62. The molecule has 10 nitrogen and oxygen atoms in total. The van der Waals surface area contributed by atoms with Crippen LogP contribution in [-0.2, 0) is 41.4 Å². The van der Waals surface area contributed by atoms with Crippen LogP contribution in [0.3, 0.4) is 0 Å². The number of phenolic OH excluding ortho intramolecular Hbond substituents is 1. The summed E-state index contributed by atoms with van der Waals surface area (Å²) in [5.41, 5.74) is 0.859. The van der Waals surface area contributed by atoms with Crippen LogP contribution >= 0.6 is 0 Å². The van der Waals surface area contributed by atoms with Gasteiger partial charge in [0.25, 0.3) is 0 Å². The molecular formula is C27H33NO9. The van der Waals surface area contributed by atoms with Gasteiger partial charge in [-0.1, -0.05) is 6.07 Å². The number of carbonyl (C=O) groups is 3. The summed E-state index contributed by atoms with van der Waals surface area (Å²) in [5, 5.41) is 22.6. The molecule has 1 fully saturated rings. The Bertz CT molecular complexity index is 1180. The predicted octanol–water partition coefficient (Wildman–Crippen LogP) is 1.78. The number of aromatic hydroxyl groups is 1. The molecule has 3 aliphatic heterocycles. The molecule has 0 amide bonds. The number of likely N-dealkylation sites (tertiary alicyclic amines) is 1.